The fourth-order valence-corrected chi connectivity index (χ4v) is 2.12. The molecule has 4 heteroatoms. The van der Waals surface area contributed by atoms with Crippen LogP contribution in [0, 0.1) is 0 Å². The number of amides is 1. The molecule has 4 nitrogen and oxygen atoms in total. The van der Waals surface area contributed by atoms with Crippen LogP contribution in [0.15, 0.2) is 54.6 Å². The van der Waals surface area contributed by atoms with Crippen LogP contribution in [0.5, 0.6) is 0 Å². The van der Waals surface area contributed by atoms with E-state index >= 15 is 0 Å². The molecule has 0 aliphatic rings. The highest BCUT2D eigenvalue weighted by Crippen LogP contribution is 2.12. The third-order valence-electron chi connectivity index (χ3n) is 3.40. The maximum atomic E-state index is 11.8. The number of carbonyl (C=O) groups is 2. The maximum absolute atomic E-state index is 11.8. The van der Waals surface area contributed by atoms with Crippen molar-refractivity contribution in [2.75, 3.05) is 11.9 Å². The quantitative estimate of drug-likeness (QED) is 0.791. The van der Waals surface area contributed by atoms with Crippen LogP contribution < -0.4 is 5.32 Å². The molecule has 2 aromatic rings. The topological polar surface area (TPSA) is 55.4 Å². The van der Waals surface area contributed by atoms with Crippen molar-refractivity contribution >= 4 is 17.6 Å². The number of benzene rings is 2. The molecule has 0 bridgehead atoms. The third-order valence-corrected chi connectivity index (χ3v) is 3.40. The monoisotopic (exact) mass is 311 g/mol. The summed E-state index contributed by atoms with van der Waals surface area (Å²) in [5.41, 5.74) is 2.38. The standard InChI is InChI=1S/C19H21NO3/c1-2-3-7-15-10-12-17(13-11-15)20-18(21)14-23-19(22)16-8-5-4-6-9-16/h4-6,8-13H,2-3,7,14H2,1H3,(H,20,21). The highest BCUT2D eigenvalue weighted by molar-refractivity contribution is 5.95. The summed E-state index contributed by atoms with van der Waals surface area (Å²) in [6.07, 6.45) is 3.35. The summed E-state index contributed by atoms with van der Waals surface area (Å²) in [7, 11) is 0. The Morgan fingerprint density at radius 2 is 1.70 bits per heavy atom. The first-order valence-electron chi connectivity index (χ1n) is 7.80. The second-order valence-corrected chi connectivity index (χ2v) is 5.29. The molecule has 2 aromatic carbocycles. The molecule has 1 N–H and O–H groups in total. The highest BCUT2D eigenvalue weighted by Gasteiger charge is 2.09. The smallest absolute Gasteiger partial charge is 0.338 e. The van der Waals surface area contributed by atoms with E-state index in [0.29, 0.717) is 11.3 Å². The predicted molar refractivity (Wildman–Crippen MR) is 90.4 cm³/mol. The molecule has 2 rings (SSSR count). The van der Waals surface area contributed by atoms with Crippen molar-refractivity contribution in [3.05, 3.63) is 65.7 Å². The normalized spacial score (nSPS) is 10.1. The lowest BCUT2D eigenvalue weighted by atomic mass is 10.1. The molecule has 23 heavy (non-hydrogen) atoms. The first-order chi connectivity index (χ1) is 11.2. The van der Waals surface area contributed by atoms with Gasteiger partial charge in [-0.25, -0.2) is 4.79 Å². The summed E-state index contributed by atoms with van der Waals surface area (Å²) >= 11 is 0. The minimum absolute atomic E-state index is 0.300. The van der Waals surface area contributed by atoms with E-state index < -0.39 is 5.97 Å². The summed E-state index contributed by atoms with van der Waals surface area (Å²) in [5, 5.41) is 2.72. The van der Waals surface area contributed by atoms with Gasteiger partial charge in [0.15, 0.2) is 6.61 Å². The second kappa shape index (κ2) is 8.73. The molecule has 0 fully saturated rings. The van der Waals surface area contributed by atoms with Gasteiger partial charge in [0.1, 0.15) is 0 Å². The Hall–Kier alpha value is -2.62. The Labute approximate surface area is 136 Å². The van der Waals surface area contributed by atoms with Gasteiger partial charge in [-0.15, -0.1) is 0 Å². The number of hydrogen-bond acceptors (Lipinski definition) is 3. The van der Waals surface area contributed by atoms with Gasteiger partial charge in [-0.2, -0.15) is 0 Å². The Balaban J connectivity index is 1.79. The van der Waals surface area contributed by atoms with Crippen molar-refractivity contribution in [2.24, 2.45) is 0 Å². The Morgan fingerprint density at radius 3 is 2.35 bits per heavy atom. The van der Waals surface area contributed by atoms with Gasteiger partial charge in [-0.1, -0.05) is 43.7 Å². The number of ether oxygens (including phenoxy) is 1. The summed E-state index contributed by atoms with van der Waals surface area (Å²) < 4.78 is 4.99. The minimum Gasteiger partial charge on any atom is -0.452 e. The van der Waals surface area contributed by atoms with Gasteiger partial charge < -0.3 is 10.1 Å². The van der Waals surface area contributed by atoms with Gasteiger partial charge in [0.05, 0.1) is 5.56 Å². The highest BCUT2D eigenvalue weighted by atomic mass is 16.5. The van der Waals surface area contributed by atoms with E-state index in [1.54, 1.807) is 24.3 Å². The van der Waals surface area contributed by atoms with Crippen LogP contribution in [0.4, 0.5) is 5.69 Å². The van der Waals surface area contributed by atoms with E-state index in [1.165, 1.54) is 5.56 Å². The van der Waals surface area contributed by atoms with E-state index in [4.69, 9.17) is 4.74 Å². The molecule has 0 unspecified atom stereocenters. The predicted octanol–water partition coefficient (Wildman–Crippen LogP) is 3.82. The van der Waals surface area contributed by atoms with Crippen molar-refractivity contribution < 1.29 is 14.3 Å². The number of unbranched alkanes of at least 4 members (excludes halogenated alkanes) is 1. The van der Waals surface area contributed by atoms with Crippen LogP contribution in [0.2, 0.25) is 0 Å². The first kappa shape index (κ1) is 16.7. The number of carbonyl (C=O) groups excluding carboxylic acids is 2. The number of nitrogens with one attached hydrogen (secondary N) is 1. The summed E-state index contributed by atoms with van der Waals surface area (Å²) in [6, 6.07) is 16.3. The van der Waals surface area contributed by atoms with Crippen molar-refractivity contribution in [1.29, 1.82) is 0 Å². The number of aryl methyl sites for hydroxylation is 1. The number of hydrogen-bond donors (Lipinski definition) is 1. The van der Waals surface area contributed by atoms with Crippen LogP contribution >= 0.6 is 0 Å². The van der Waals surface area contributed by atoms with Gasteiger partial charge in [-0.3, -0.25) is 4.79 Å². The zero-order valence-electron chi connectivity index (χ0n) is 13.2. The molecule has 120 valence electrons. The Morgan fingerprint density at radius 1 is 1.00 bits per heavy atom. The molecular weight excluding hydrogens is 290 g/mol. The van der Waals surface area contributed by atoms with Crippen molar-refractivity contribution in [3.8, 4) is 0 Å². The van der Waals surface area contributed by atoms with E-state index in [2.05, 4.69) is 12.2 Å². The SMILES string of the molecule is CCCCc1ccc(NC(=O)COC(=O)c2ccccc2)cc1. The number of esters is 1. The maximum Gasteiger partial charge on any atom is 0.338 e. The molecule has 0 aliphatic carbocycles. The summed E-state index contributed by atoms with van der Waals surface area (Å²) in [5.74, 6) is -0.855. The van der Waals surface area contributed by atoms with Crippen molar-refractivity contribution in [3.63, 3.8) is 0 Å². The lowest BCUT2D eigenvalue weighted by molar-refractivity contribution is -0.119. The molecule has 0 aliphatic heterocycles. The molecule has 0 radical (unpaired) electrons. The summed E-state index contributed by atoms with van der Waals surface area (Å²) in [4.78, 5) is 23.6. The van der Waals surface area contributed by atoms with Gasteiger partial charge in [0.2, 0.25) is 0 Å². The summed E-state index contributed by atoms with van der Waals surface area (Å²) in [6.45, 7) is 1.86. The largest absolute Gasteiger partial charge is 0.452 e. The Bertz CT molecular complexity index is 635. The first-order valence-corrected chi connectivity index (χ1v) is 7.80. The average Bonchev–Trinajstić information content (AvgIpc) is 2.60. The van der Waals surface area contributed by atoms with Gasteiger partial charge >= 0.3 is 5.97 Å². The van der Waals surface area contributed by atoms with Gasteiger partial charge in [0, 0.05) is 5.69 Å². The number of rotatable bonds is 7. The molecule has 0 spiro atoms. The third kappa shape index (κ3) is 5.58. The van der Waals surface area contributed by atoms with Crippen LogP contribution in [-0.2, 0) is 16.0 Å². The van der Waals surface area contributed by atoms with Gasteiger partial charge in [-0.05, 0) is 42.7 Å². The van der Waals surface area contributed by atoms with E-state index in [-0.39, 0.29) is 12.5 Å². The fourth-order valence-electron chi connectivity index (χ4n) is 2.12. The van der Waals surface area contributed by atoms with Crippen LogP contribution in [-0.4, -0.2) is 18.5 Å². The second-order valence-electron chi connectivity index (χ2n) is 5.29. The van der Waals surface area contributed by atoms with Crippen molar-refractivity contribution in [1.82, 2.24) is 0 Å². The number of anilines is 1. The average molecular weight is 311 g/mol. The molecular formula is C19H21NO3. The van der Waals surface area contributed by atoms with Crippen LogP contribution in [0.1, 0.15) is 35.7 Å². The molecule has 0 saturated heterocycles. The van der Waals surface area contributed by atoms with E-state index in [0.717, 1.165) is 19.3 Å². The Kier molecular flexibility index (Phi) is 6.36. The lowest BCUT2D eigenvalue weighted by Gasteiger charge is -2.07. The molecule has 0 heterocycles. The molecule has 0 aromatic heterocycles. The zero-order chi connectivity index (χ0) is 16.5. The zero-order valence-corrected chi connectivity index (χ0v) is 13.2. The van der Waals surface area contributed by atoms with Crippen molar-refractivity contribution in [2.45, 2.75) is 26.2 Å². The van der Waals surface area contributed by atoms with Crippen LogP contribution in [0.25, 0.3) is 0 Å². The molecule has 0 saturated carbocycles. The molecule has 0 atom stereocenters. The van der Waals surface area contributed by atoms with Gasteiger partial charge in [0.25, 0.3) is 5.91 Å². The van der Waals surface area contributed by atoms with E-state index in [1.807, 2.05) is 30.3 Å². The fraction of sp³-hybridized carbons (Fsp3) is 0.263. The minimum atomic E-state index is -0.504. The van der Waals surface area contributed by atoms with Crippen LogP contribution in [0.3, 0.4) is 0 Å². The lowest BCUT2D eigenvalue weighted by Crippen LogP contribution is -2.20. The van der Waals surface area contributed by atoms with E-state index in [9.17, 15) is 9.59 Å². The molecule has 1 amide bonds.